The molecule has 2 nitrogen and oxygen atoms in total. The third-order valence-electron chi connectivity index (χ3n) is 1.14. The topological polar surface area (TPSA) is 32.9 Å². The van der Waals surface area contributed by atoms with Gasteiger partial charge in [-0.3, -0.25) is 4.79 Å². The first-order valence-corrected chi connectivity index (χ1v) is 3.85. The summed E-state index contributed by atoms with van der Waals surface area (Å²) < 4.78 is 24.5. The molecule has 1 rings (SSSR count). The number of alkyl halides is 2. The summed E-state index contributed by atoms with van der Waals surface area (Å²) in [4.78, 5) is 12.9. The van der Waals surface area contributed by atoms with E-state index in [4.69, 9.17) is 0 Å². The highest BCUT2D eigenvalue weighted by molar-refractivity contribution is 14.1. The minimum absolute atomic E-state index is 0.214. The molecular formula is C6H4F2INO. The SMILES string of the molecule is O=c1cc(C(F)F)c(I)c[nH]1. The van der Waals surface area contributed by atoms with E-state index in [9.17, 15) is 13.6 Å². The van der Waals surface area contributed by atoms with E-state index in [1.165, 1.54) is 6.20 Å². The average molecular weight is 271 g/mol. The first kappa shape index (κ1) is 8.63. The smallest absolute Gasteiger partial charge is 0.265 e. The fraction of sp³-hybridized carbons (Fsp3) is 0.167. The first-order chi connectivity index (χ1) is 5.11. The quantitative estimate of drug-likeness (QED) is 0.777. The van der Waals surface area contributed by atoms with E-state index in [1.807, 2.05) is 0 Å². The zero-order chi connectivity index (χ0) is 8.43. The van der Waals surface area contributed by atoms with Gasteiger partial charge in [-0.2, -0.15) is 0 Å². The van der Waals surface area contributed by atoms with Crippen LogP contribution in [0.5, 0.6) is 0 Å². The van der Waals surface area contributed by atoms with Gasteiger partial charge in [0.15, 0.2) is 0 Å². The van der Waals surface area contributed by atoms with E-state index in [1.54, 1.807) is 22.6 Å². The van der Waals surface area contributed by atoms with Crippen LogP contribution in [0.3, 0.4) is 0 Å². The van der Waals surface area contributed by atoms with Crippen molar-refractivity contribution in [2.75, 3.05) is 0 Å². The Morgan fingerprint density at radius 3 is 2.64 bits per heavy atom. The van der Waals surface area contributed by atoms with Gasteiger partial charge in [-0.15, -0.1) is 0 Å². The van der Waals surface area contributed by atoms with Gasteiger partial charge in [0.1, 0.15) is 0 Å². The number of halogens is 3. The summed E-state index contributed by atoms with van der Waals surface area (Å²) in [7, 11) is 0. The van der Waals surface area contributed by atoms with Gasteiger partial charge in [-0.25, -0.2) is 8.78 Å². The van der Waals surface area contributed by atoms with Gasteiger partial charge in [0.05, 0.1) is 0 Å². The number of aromatic nitrogens is 1. The van der Waals surface area contributed by atoms with Crippen molar-refractivity contribution in [3.63, 3.8) is 0 Å². The van der Waals surface area contributed by atoms with Crippen molar-refractivity contribution in [2.24, 2.45) is 0 Å². The van der Waals surface area contributed by atoms with Crippen molar-refractivity contribution in [3.05, 3.63) is 31.8 Å². The Kier molecular flexibility index (Phi) is 2.58. The van der Waals surface area contributed by atoms with Crippen molar-refractivity contribution in [2.45, 2.75) is 6.43 Å². The van der Waals surface area contributed by atoms with Crippen LogP contribution >= 0.6 is 22.6 Å². The molecule has 0 aliphatic heterocycles. The monoisotopic (exact) mass is 271 g/mol. The molecule has 0 aliphatic carbocycles. The molecule has 0 saturated carbocycles. The van der Waals surface area contributed by atoms with Crippen LogP contribution in [0.15, 0.2) is 17.1 Å². The molecule has 0 aromatic carbocycles. The standard InChI is InChI=1S/C6H4F2INO/c7-6(8)3-1-5(11)10-2-4(3)9/h1-2,6H,(H,10,11). The number of H-pyrrole nitrogens is 1. The third kappa shape index (κ3) is 1.98. The highest BCUT2D eigenvalue weighted by Crippen LogP contribution is 2.21. The summed E-state index contributed by atoms with van der Waals surface area (Å²) in [5, 5.41) is 0. The Balaban J connectivity index is 3.23. The van der Waals surface area contributed by atoms with Gasteiger partial charge in [0.25, 0.3) is 6.43 Å². The summed E-state index contributed by atoms with van der Waals surface area (Å²) in [6, 6.07) is 0.909. The average Bonchev–Trinajstić information content (AvgIpc) is 1.94. The number of hydrogen-bond donors (Lipinski definition) is 1. The van der Waals surface area contributed by atoms with Crippen molar-refractivity contribution in [1.29, 1.82) is 0 Å². The second kappa shape index (κ2) is 3.29. The van der Waals surface area contributed by atoms with Gasteiger partial charge in [0.2, 0.25) is 5.56 Å². The molecule has 5 heteroatoms. The molecule has 1 heterocycles. The predicted octanol–water partition coefficient (Wildman–Crippen LogP) is 1.92. The Morgan fingerprint density at radius 1 is 1.55 bits per heavy atom. The summed E-state index contributed by atoms with van der Waals surface area (Å²) >= 11 is 1.74. The van der Waals surface area contributed by atoms with E-state index in [0.29, 0.717) is 3.57 Å². The van der Waals surface area contributed by atoms with Crippen LogP contribution in [0.25, 0.3) is 0 Å². The van der Waals surface area contributed by atoms with Crippen molar-refractivity contribution in [1.82, 2.24) is 4.98 Å². The van der Waals surface area contributed by atoms with Gasteiger partial charge in [-0.05, 0) is 22.6 Å². The Hall–Kier alpha value is -0.460. The van der Waals surface area contributed by atoms with Gasteiger partial charge in [-0.1, -0.05) is 0 Å². The Labute approximate surface area is 74.8 Å². The number of hydrogen-bond acceptors (Lipinski definition) is 1. The molecule has 0 spiro atoms. The summed E-state index contributed by atoms with van der Waals surface area (Å²) in [5.74, 6) is 0. The highest BCUT2D eigenvalue weighted by Gasteiger charge is 2.10. The van der Waals surface area contributed by atoms with E-state index in [0.717, 1.165) is 6.07 Å². The lowest BCUT2D eigenvalue weighted by molar-refractivity contribution is 0.150. The van der Waals surface area contributed by atoms with Crippen LogP contribution in [-0.4, -0.2) is 4.98 Å². The largest absolute Gasteiger partial charge is 0.328 e. The lowest BCUT2D eigenvalue weighted by atomic mass is 10.3. The van der Waals surface area contributed by atoms with Crippen molar-refractivity contribution < 1.29 is 8.78 Å². The van der Waals surface area contributed by atoms with Crippen LogP contribution in [0, 0.1) is 3.57 Å². The minimum Gasteiger partial charge on any atom is -0.328 e. The lowest BCUT2D eigenvalue weighted by Gasteiger charge is -1.99. The molecule has 0 aliphatic rings. The maximum Gasteiger partial charge on any atom is 0.265 e. The summed E-state index contributed by atoms with van der Waals surface area (Å²) in [6.45, 7) is 0. The van der Waals surface area contributed by atoms with Crippen LogP contribution in [0.2, 0.25) is 0 Å². The fourth-order valence-electron chi connectivity index (χ4n) is 0.637. The van der Waals surface area contributed by atoms with E-state index >= 15 is 0 Å². The van der Waals surface area contributed by atoms with Crippen molar-refractivity contribution >= 4 is 22.6 Å². The maximum absolute atomic E-state index is 12.1. The van der Waals surface area contributed by atoms with Crippen LogP contribution in [0.1, 0.15) is 12.0 Å². The molecule has 11 heavy (non-hydrogen) atoms. The number of aromatic amines is 1. The minimum atomic E-state index is -2.58. The zero-order valence-electron chi connectivity index (χ0n) is 5.27. The lowest BCUT2D eigenvalue weighted by Crippen LogP contribution is -2.06. The third-order valence-corrected chi connectivity index (χ3v) is 2.07. The predicted molar refractivity (Wildman–Crippen MR) is 44.7 cm³/mol. The van der Waals surface area contributed by atoms with E-state index in [-0.39, 0.29) is 5.56 Å². The summed E-state index contributed by atoms with van der Waals surface area (Å²) in [5.41, 5.74) is -0.713. The molecule has 1 aromatic rings. The Bertz CT molecular complexity index is 310. The second-order valence-electron chi connectivity index (χ2n) is 1.90. The fourth-order valence-corrected chi connectivity index (χ4v) is 1.18. The molecule has 0 amide bonds. The number of nitrogens with one attached hydrogen (secondary N) is 1. The number of rotatable bonds is 1. The molecule has 60 valence electrons. The van der Waals surface area contributed by atoms with Crippen LogP contribution in [0.4, 0.5) is 8.78 Å². The molecule has 0 atom stereocenters. The van der Waals surface area contributed by atoms with Crippen LogP contribution in [-0.2, 0) is 0 Å². The zero-order valence-corrected chi connectivity index (χ0v) is 7.43. The van der Waals surface area contributed by atoms with E-state index < -0.39 is 12.0 Å². The molecule has 0 radical (unpaired) electrons. The van der Waals surface area contributed by atoms with E-state index in [2.05, 4.69) is 4.98 Å². The second-order valence-corrected chi connectivity index (χ2v) is 3.06. The molecule has 0 bridgehead atoms. The van der Waals surface area contributed by atoms with Crippen LogP contribution < -0.4 is 5.56 Å². The van der Waals surface area contributed by atoms with Gasteiger partial charge in [0, 0.05) is 21.4 Å². The Morgan fingerprint density at radius 2 is 2.18 bits per heavy atom. The highest BCUT2D eigenvalue weighted by atomic mass is 127. The van der Waals surface area contributed by atoms with Gasteiger partial charge < -0.3 is 4.98 Å². The van der Waals surface area contributed by atoms with Gasteiger partial charge >= 0.3 is 0 Å². The maximum atomic E-state index is 12.1. The molecule has 0 fully saturated rings. The number of pyridine rings is 1. The summed E-state index contributed by atoms with van der Waals surface area (Å²) in [6.07, 6.45) is -1.31. The molecule has 0 unspecified atom stereocenters. The normalized spacial score (nSPS) is 10.5. The van der Waals surface area contributed by atoms with Crippen molar-refractivity contribution in [3.8, 4) is 0 Å². The molecular weight excluding hydrogens is 267 g/mol. The first-order valence-electron chi connectivity index (χ1n) is 2.77. The molecule has 1 aromatic heterocycles. The molecule has 0 saturated heterocycles. The molecule has 1 N–H and O–H groups in total.